The zero-order chi connectivity index (χ0) is 9.68. The fraction of sp³-hybridized carbons (Fsp3) is 0.222. The third-order valence-electron chi connectivity index (χ3n) is 1.39. The van der Waals surface area contributed by atoms with Crippen molar-refractivity contribution in [2.75, 3.05) is 6.61 Å². The summed E-state index contributed by atoms with van der Waals surface area (Å²) in [5, 5.41) is 0. The first-order valence-corrected chi connectivity index (χ1v) is 4.82. The molecule has 0 aromatic heterocycles. The average Bonchev–Trinajstić information content (AvgIpc) is 2.08. The van der Waals surface area contributed by atoms with Crippen molar-refractivity contribution in [2.45, 2.75) is 6.92 Å². The van der Waals surface area contributed by atoms with E-state index in [1.165, 1.54) is 0 Å². The molecule has 1 aromatic rings. The molecule has 3 nitrogen and oxygen atoms in total. The average molecular weight is 242 g/mol. The maximum atomic E-state index is 5.38. The Labute approximate surface area is 85.8 Å². The van der Waals surface area contributed by atoms with Gasteiger partial charge in [-0.05, 0) is 0 Å². The molecule has 13 heavy (non-hydrogen) atoms. The summed E-state index contributed by atoms with van der Waals surface area (Å²) in [5.41, 5.74) is 6.20. The van der Waals surface area contributed by atoms with E-state index in [4.69, 9.17) is 10.5 Å². The molecule has 0 saturated heterocycles. The van der Waals surface area contributed by atoms with Crippen LogP contribution in [0.2, 0.25) is 0 Å². The van der Waals surface area contributed by atoms with Gasteiger partial charge >= 0.3 is 85.4 Å². The zero-order valence-electron chi connectivity index (χ0n) is 7.36. The molecule has 0 fully saturated rings. The summed E-state index contributed by atoms with van der Waals surface area (Å²) in [5.74, 6) is 0.847. The fourth-order valence-electron chi connectivity index (χ4n) is 0.911. The third-order valence-corrected chi connectivity index (χ3v) is 1.58. The predicted molar refractivity (Wildman–Crippen MR) is 54.6 cm³/mol. The summed E-state index contributed by atoms with van der Waals surface area (Å²) in [6, 6.07) is 7.45. The molecule has 0 amide bonds. The van der Waals surface area contributed by atoms with Gasteiger partial charge in [0, 0.05) is 0 Å². The van der Waals surface area contributed by atoms with Crippen LogP contribution in [0.1, 0.15) is 6.92 Å². The first-order chi connectivity index (χ1) is 6.22. The van der Waals surface area contributed by atoms with Crippen molar-refractivity contribution in [2.24, 2.45) is 10.7 Å². The Hall–Kier alpha value is -0.991. The van der Waals surface area contributed by atoms with E-state index in [0.29, 0.717) is 11.3 Å². The topological polar surface area (TPSA) is 47.6 Å². The van der Waals surface area contributed by atoms with Gasteiger partial charge in [-0.3, -0.25) is 0 Å². The summed E-state index contributed by atoms with van der Waals surface area (Å²) in [6.45, 7) is 2.62. The summed E-state index contributed by atoms with van der Waals surface area (Å²) in [4.78, 5) is 4.04. The minimum absolute atomic E-state index is 0.434. The molecule has 1 radical (unpaired) electrons. The van der Waals surface area contributed by atoms with Crippen LogP contribution in [0.3, 0.4) is 0 Å². The molecule has 1 rings (SSSR count). The van der Waals surface area contributed by atoms with Crippen LogP contribution in [0.15, 0.2) is 29.3 Å². The number of amidine groups is 1. The maximum absolute atomic E-state index is 5.38. The Morgan fingerprint density at radius 3 is 2.54 bits per heavy atom. The molecule has 2 N–H and O–H groups in total. The quantitative estimate of drug-likeness (QED) is 0.492. The Kier molecular flexibility index (Phi) is 3.80. The Morgan fingerprint density at radius 2 is 2.08 bits per heavy atom. The molecular weight excluding hydrogens is 231 g/mol. The van der Waals surface area contributed by atoms with Crippen LogP contribution in [0, 0.1) is 0 Å². The van der Waals surface area contributed by atoms with Crippen LogP contribution in [-0.2, 0) is 0 Å². The second-order valence-electron chi connectivity index (χ2n) is 2.38. The van der Waals surface area contributed by atoms with Gasteiger partial charge in [-0.1, -0.05) is 0 Å². The molecule has 0 bridgehead atoms. The first kappa shape index (κ1) is 10.1. The van der Waals surface area contributed by atoms with Gasteiger partial charge in [0.15, 0.2) is 0 Å². The molecule has 0 heterocycles. The van der Waals surface area contributed by atoms with Crippen molar-refractivity contribution in [3.05, 3.63) is 24.3 Å². The minimum atomic E-state index is 0.434. The van der Waals surface area contributed by atoms with E-state index in [2.05, 4.69) is 21.0 Å². The van der Waals surface area contributed by atoms with Gasteiger partial charge in [0.1, 0.15) is 0 Å². The van der Waals surface area contributed by atoms with Gasteiger partial charge in [-0.25, -0.2) is 0 Å². The van der Waals surface area contributed by atoms with Crippen LogP contribution in [0.5, 0.6) is 5.75 Å². The van der Waals surface area contributed by atoms with Crippen molar-refractivity contribution in [3.8, 4) is 5.75 Å². The zero-order valence-corrected chi connectivity index (χ0v) is 9.07. The molecule has 0 aliphatic rings. The Morgan fingerprint density at radius 1 is 1.46 bits per heavy atom. The number of nitrogens with two attached hydrogens (primary N) is 1. The van der Waals surface area contributed by atoms with Crippen molar-refractivity contribution < 1.29 is 4.74 Å². The summed E-state index contributed by atoms with van der Waals surface area (Å²) in [7, 11) is 0. The monoisotopic (exact) mass is 243 g/mol. The normalized spacial score (nSPS) is 11.3. The van der Waals surface area contributed by atoms with Gasteiger partial charge in [0.25, 0.3) is 0 Å². The van der Waals surface area contributed by atoms with Crippen molar-refractivity contribution >= 4 is 26.4 Å². The fourth-order valence-corrected chi connectivity index (χ4v) is 1.13. The predicted octanol–water partition coefficient (Wildman–Crippen LogP) is 1.20. The third kappa shape index (κ3) is 3.49. The number of ether oxygens (including phenoxy) is 1. The molecule has 0 aliphatic heterocycles. The molecule has 69 valence electrons. The summed E-state index contributed by atoms with van der Waals surface area (Å²) >= 11 is 2.62. The van der Waals surface area contributed by atoms with Gasteiger partial charge < -0.3 is 0 Å². The van der Waals surface area contributed by atoms with Gasteiger partial charge in [0.2, 0.25) is 0 Å². The van der Waals surface area contributed by atoms with E-state index in [-0.39, 0.29) is 0 Å². The van der Waals surface area contributed by atoms with Crippen LogP contribution in [0.4, 0.5) is 5.69 Å². The van der Waals surface area contributed by atoms with Crippen LogP contribution >= 0.6 is 0 Å². The Balaban J connectivity index is 2.75. The number of aliphatic imine (C=N–C) groups is 1. The van der Waals surface area contributed by atoms with Gasteiger partial charge in [0.05, 0.1) is 0 Å². The number of nitrogens with zero attached hydrogens (tertiary/aromatic N) is 1. The number of benzene rings is 1. The number of hydrogen-bond donors (Lipinski definition) is 1. The molecular formula is C9H11N2OSe. The molecule has 0 unspecified atom stereocenters. The number of hydrogen-bond acceptors (Lipinski definition) is 2. The van der Waals surface area contributed by atoms with E-state index in [1.54, 1.807) is 0 Å². The molecule has 0 atom stereocenters. The van der Waals surface area contributed by atoms with E-state index >= 15 is 0 Å². The molecule has 0 aliphatic carbocycles. The summed E-state index contributed by atoms with van der Waals surface area (Å²) < 4.78 is 5.71. The second kappa shape index (κ2) is 4.90. The molecule has 4 heteroatoms. The van der Waals surface area contributed by atoms with Crippen LogP contribution in [-0.4, -0.2) is 27.4 Å². The number of rotatable bonds is 3. The molecule has 0 spiro atoms. The van der Waals surface area contributed by atoms with E-state index in [0.717, 1.165) is 11.4 Å². The van der Waals surface area contributed by atoms with Gasteiger partial charge in [-0.15, -0.1) is 0 Å². The van der Waals surface area contributed by atoms with E-state index in [1.807, 2.05) is 31.2 Å². The van der Waals surface area contributed by atoms with E-state index in [9.17, 15) is 0 Å². The van der Waals surface area contributed by atoms with Crippen LogP contribution < -0.4 is 10.5 Å². The SMILES string of the molecule is CCOc1ccc(N=C(N)[Se])cc1. The Bertz CT molecular complexity index is 291. The second-order valence-corrected chi connectivity index (χ2v) is 3.25. The van der Waals surface area contributed by atoms with E-state index < -0.39 is 0 Å². The molecule has 0 saturated carbocycles. The van der Waals surface area contributed by atoms with Crippen LogP contribution in [0.25, 0.3) is 0 Å². The first-order valence-electron chi connectivity index (χ1n) is 3.96. The molecule has 1 aromatic carbocycles. The standard InChI is InChI=1S/C9H11N2OSe/c1-2-12-8-5-3-7(4-6-8)11-9(10)13/h3-6H,2H2,1H3,(H2,10,11). The van der Waals surface area contributed by atoms with Crippen molar-refractivity contribution in [1.82, 2.24) is 0 Å². The van der Waals surface area contributed by atoms with Gasteiger partial charge in [-0.2, -0.15) is 0 Å². The summed E-state index contributed by atoms with van der Waals surface area (Å²) in [6.07, 6.45) is 0. The van der Waals surface area contributed by atoms with Crippen molar-refractivity contribution in [3.63, 3.8) is 0 Å². The van der Waals surface area contributed by atoms with Crippen molar-refractivity contribution in [1.29, 1.82) is 0 Å².